The lowest BCUT2D eigenvalue weighted by molar-refractivity contribution is -0.134. The van der Waals surface area contributed by atoms with Gasteiger partial charge in [-0.25, -0.2) is 4.98 Å². The molecule has 1 aromatic heterocycles. The number of carbonyl (C=O) groups is 1. The predicted octanol–water partition coefficient (Wildman–Crippen LogP) is 2.34. The highest BCUT2D eigenvalue weighted by atomic mass is 79.9. The number of anilines is 1. The number of halogens is 1. The van der Waals surface area contributed by atoms with Gasteiger partial charge < -0.3 is 19.0 Å². The summed E-state index contributed by atoms with van der Waals surface area (Å²) in [4.78, 5) is 23.0. The Bertz CT molecular complexity index is 931. The summed E-state index contributed by atoms with van der Waals surface area (Å²) in [5.41, 5.74) is 1.43. The summed E-state index contributed by atoms with van der Waals surface area (Å²) in [6.07, 6.45) is -0.0180. The van der Waals surface area contributed by atoms with Gasteiger partial charge in [0, 0.05) is 50.7 Å². The Morgan fingerprint density at radius 1 is 1.23 bits per heavy atom. The van der Waals surface area contributed by atoms with Crippen LogP contribution in [-0.2, 0) is 9.53 Å². The van der Waals surface area contributed by atoms with Gasteiger partial charge in [-0.05, 0) is 17.7 Å². The first kappa shape index (κ1) is 20.8. The van der Waals surface area contributed by atoms with Crippen LogP contribution >= 0.6 is 15.9 Å². The molecular formula is C21H24BrN5O3. The van der Waals surface area contributed by atoms with Gasteiger partial charge in [0.1, 0.15) is 6.07 Å². The number of carbonyl (C=O) groups excluding carboxylic acids is 1. The maximum absolute atomic E-state index is 12.9. The minimum atomic E-state index is -0.0180. The molecule has 2 saturated heterocycles. The average Bonchev–Trinajstić information content (AvgIpc) is 3.15. The predicted molar refractivity (Wildman–Crippen MR) is 114 cm³/mol. The number of oxazole rings is 1. The van der Waals surface area contributed by atoms with E-state index < -0.39 is 0 Å². The molecule has 1 amide bonds. The standard InChI is InChI=1S/C21H24BrN5O3/c1-15-24-18(12-23)21(30-15)27-8-6-26(7-9-27)20(28)14-25-10-11-29-19(13-25)16-2-4-17(22)5-3-16/h2-5,19H,6-11,13-14H2,1H3. The Morgan fingerprint density at radius 3 is 2.67 bits per heavy atom. The fraction of sp³-hybridized carbons (Fsp3) is 0.476. The molecule has 9 heteroatoms. The quantitative estimate of drug-likeness (QED) is 0.673. The summed E-state index contributed by atoms with van der Waals surface area (Å²) >= 11 is 3.46. The summed E-state index contributed by atoms with van der Waals surface area (Å²) < 4.78 is 12.5. The van der Waals surface area contributed by atoms with E-state index in [1.807, 2.05) is 21.9 Å². The van der Waals surface area contributed by atoms with Crippen molar-refractivity contribution in [3.05, 3.63) is 45.9 Å². The van der Waals surface area contributed by atoms with E-state index in [0.717, 1.165) is 16.6 Å². The fourth-order valence-corrected chi connectivity index (χ4v) is 4.14. The van der Waals surface area contributed by atoms with Crippen LogP contribution in [0.25, 0.3) is 0 Å². The van der Waals surface area contributed by atoms with Crippen LogP contribution < -0.4 is 4.90 Å². The monoisotopic (exact) mass is 473 g/mol. The number of aryl methyl sites for hydroxylation is 1. The van der Waals surface area contributed by atoms with Crippen molar-refractivity contribution < 1.29 is 13.9 Å². The van der Waals surface area contributed by atoms with E-state index in [2.05, 4.69) is 44.0 Å². The molecule has 0 aliphatic carbocycles. The zero-order chi connectivity index (χ0) is 21.1. The van der Waals surface area contributed by atoms with Crippen LogP contribution in [0.15, 0.2) is 33.2 Å². The molecule has 3 heterocycles. The molecule has 0 saturated carbocycles. The zero-order valence-corrected chi connectivity index (χ0v) is 18.5. The molecule has 4 rings (SSSR count). The summed E-state index contributed by atoms with van der Waals surface area (Å²) in [5, 5.41) is 9.22. The third-order valence-electron chi connectivity index (χ3n) is 5.49. The number of hydrogen-bond acceptors (Lipinski definition) is 7. The van der Waals surface area contributed by atoms with Gasteiger partial charge in [0.05, 0.1) is 19.3 Å². The summed E-state index contributed by atoms with van der Waals surface area (Å²) in [7, 11) is 0. The first-order valence-corrected chi connectivity index (χ1v) is 10.8. The van der Waals surface area contributed by atoms with E-state index in [1.165, 1.54) is 0 Å². The topological polar surface area (TPSA) is 85.8 Å². The van der Waals surface area contributed by atoms with Gasteiger partial charge in [-0.15, -0.1) is 0 Å². The molecule has 0 bridgehead atoms. The maximum Gasteiger partial charge on any atom is 0.236 e. The van der Waals surface area contributed by atoms with Crippen LogP contribution in [0.5, 0.6) is 0 Å². The Labute approximate surface area is 184 Å². The van der Waals surface area contributed by atoms with Crippen LogP contribution in [0.3, 0.4) is 0 Å². The van der Waals surface area contributed by atoms with E-state index in [0.29, 0.717) is 63.3 Å². The van der Waals surface area contributed by atoms with Crippen molar-refractivity contribution in [2.45, 2.75) is 13.0 Å². The molecule has 2 aromatic rings. The second-order valence-corrected chi connectivity index (χ2v) is 8.43. The fourth-order valence-electron chi connectivity index (χ4n) is 3.88. The molecule has 0 N–H and O–H groups in total. The molecule has 2 fully saturated rings. The number of hydrogen-bond donors (Lipinski definition) is 0. The number of amides is 1. The van der Waals surface area contributed by atoms with Crippen molar-refractivity contribution in [1.29, 1.82) is 5.26 Å². The lowest BCUT2D eigenvalue weighted by Crippen LogP contribution is -2.52. The first-order valence-electron chi connectivity index (χ1n) is 10.0. The number of morpholine rings is 1. The highest BCUT2D eigenvalue weighted by Gasteiger charge is 2.28. The van der Waals surface area contributed by atoms with E-state index in [-0.39, 0.29) is 12.0 Å². The van der Waals surface area contributed by atoms with Gasteiger partial charge in [0.2, 0.25) is 17.5 Å². The van der Waals surface area contributed by atoms with Crippen molar-refractivity contribution in [2.75, 3.05) is 57.3 Å². The number of nitriles is 1. The minimum Gasteiger partial charge on any atom is -0.424 e. The molecule has 30 heavy (non-hydrogen) atoms. The smallest absolute Gasteiger partial charge is 0.236 e. The Kier molecular flexibility index (Phi) is 6.37. The van der Waals surface area contributed by atoms with Crippen LogP contribution in [-0.4, -0.2) is 73.1 Å². The third-order valence-corrected chi connectivity index (χ3v) is 6.02. The normalized spacial score (nSPS) is 20.2. The Morgan fingerprint density at radius 2 is 1.97 bits per heavy atom. The number of nitrogens with zero attached hydrogens (tertiary/aromatic N) is 5. The van der Waals surface area contributed by atoms with Crippen molar-refractivity contribution in [3.8, 4) is 6.07 Å². The molecule has 1 atom stereocenters. The van der Waals surface area contributed by atoms with Gasteiger partial charge in [-0.3, -0.25) is 9.69 Å². The molecule has 0 radical (unpaired) electrons. The number of rotatable bonds is 4. The summed E-state index contributed by atoms with van der Waals surface area (Å²) in [6.45, 7) is 6.64. The van der Waals surface area contributed by atoms with Gasteiger partial charge in [-0.1, -0.05) is 28.1 Å². The molecule has 2 aliphatic rings. The molecule has 1 aromatic carbocycles. The highest BCUT2D eigenvalue weighted by molar-refractivity contribution is 9.10. The summed E-state index contributed by atoms with van der Waals surface area (Å²) in [5.74, 6) is 1.11. The maximum atomic E-state index is 12.9. The largest absolute Gasteiger partial charge is 0.424 e. The van der Waals surface area contributed by atoms with Gasteiger partial charge in [0.25, 0.3) is 0 Å². The van der Waals surface area contributed by atoms with Gasteiger partial charge in [-0.2, -0.15) is 5.26 Å². The van der Waals surface area contributed by atoms with Crippen molar-refractivity contribution >= 4 is 27.7 Å². The minimum absolute atomic E-state index is 0.0180. The van der Waals surface area contributed by atoms with Crippen LogP contribution in [0.2, 0.25) is 0 Å². The van der Waals surface area contributed by atoms with Crippen LogP contribution in [0.4, 0.5) is 5.88 Å². The molecule has 2 aliphatic heterocycles. The Balaban J connectivity index is 1.30. The zero-order valence-electron chi connectivity index (χ0n) is 16.9. The molecule has 0 spiro atoms. The second kappa shape index (κ2) is 9.16. The summed E-state index contributed by atoms with van der Waals surface area (Å²) in [6, 6.07) is 10.2. The molecule has 158 valence electrons. The molecule has 1 unspecified atom stereocenters. The van der Waals surface area contributed by atoms with Crippen LogP contribution in [0.1, 0.15) is 23.3 Å². The first-order chi connectivity index (χ1) is 14.5. The van der Waals surface area contributed by atoms with Crippen molar-refractivity contribution in [3.63, 3.8) is 0 Å². The van der Waals surface area contributed by atoms with E-state index in [1.54, 1.807) is 6.92 Å². The van der Waals surface area contributed by atoms with E-state index in [4.69, 9.17) is 9.15 Å². The number of ether oxygens (including phenoxy) is 1. The average molecular weight is 474 g/mol. The molecular weight excluding hydrogens is 450 g/mol. The Hall–Kier alpha value is -2.41. The third kappa shape index (κ3) is 4.67. The lowest BCUT2D eigenvalue weighted by Gasteiger charge is -2.37. The van der Waals surface area contributed by atoms with E-state index in [9.17, 15) is 10.1 Å². The lowest BCUT2D eigenvalue weighted by atomic mass is 10.1. The van der Waals surface area contributed by atoms with Gasteiger partial charge >= 0.3 is 0 Å². The second-order valence-electron chi connectivity index (χ2n) is 7.51. The van der Waals surface area contributed by atoms with Gasteiger partial charge in [0.15, 0.2) is 5.89 Å². The van der Waals surface area contributed by atoms with Crippen LogP contribution in [0, 0.1) is 18.3 Å². The number of benzene rings is 1. The number of aromatic nitrogens is 1. The SMILES string of the molecule is Cc1nc(C#N)c(N2CCN(C(=O)CN3CCOC(c4ccc(Br)cc4)C3)CC2)o1. The molecule has 8 nitrogen and oxygen atoms in total. The van der Waals surface area contributed by atoms with Crippen molar-refractivity contribution in [2.24, 2.45) is 0 Å². The highest BCUT2D eigenvalue weighted by Crippen LogP contribution is 2.25. The number of piperazine rings is 1. The van der Waals surface area contributed by atoms with E-state index >= 15 is 0 Å². The van der Waals surface area contributed by atoms with Crippen molar-refractivity contribution in [1.82, 2.24) is 14.8 Å².